The van der Waals surface area contributed by atoms with Gasteiger partial charge in [0.15, 0.2) is 7.28 Å². The molecule has 49 heavy (non-hydrogen) atoms. The molecule has 0 spiro atoms. The van der Waals surface area contributed by atoms with Crippen molar-refractivity contribution >= 4 is 18.4 Å². The van der Waals surface area contributed by atoms with Crippen molar-refractivity contribution in [2.45, 2.75) is 58.8 Å². The number of nitrogens with two attached hydrogens (primary N) is 3. The van der Waals surface area contributed by atoms with Gasteiger partial charge in [0.25, 0.3) is 0 Å². The third-order valence-electron chi connectivity index (χ3n) is 7.86. The summed E-state index contributed by atoms with van der Waals surface area (Å²) in [4.78, 5) is 0. The van der Waals surface area contributed by atoms with Crippen LogP contribution in [0, 0.1) is 5.53 Å². The lowest BCUT2D eigenvalue weighted by Gasteiger charge is -2.13. The Labute approximate surface area is 290 Å². The lowest BCUT2D eigenvalue weighted by atomic mass is 9.68. The summed E-state index contributed by atoms with van der Waals surface area (Å²) in [5, 5.41) is 12.9. The average molecular weight is 666 g/mol. The molecule has 7 N–H and O–H groups in total. The number of nitrogens with one attached hydrogen (secondary N) is 1. The van der Waals surface area contributed by atoms with Gasteiger partial charge in [0.2, 0.25) is 0 Å². The molecule has 0 aliphatic rings. The summed E-state index contributed by atoms with van der Waals surface area (Å²) < 4.78 is 19.8. The highest BCUT2D eigenvalue weighted by Gasteiger charge is 2.14. The van der Waals surface area contributed by atoms with E-state index in [1.165, 1.54) is 0 Å². The van der Waals surface area contributed by atoms with E-state index in [9.17, 15) is 0 Å². The molecular formula is C37H50BN8O3. The Bertz CT molecular complexity index is 1690. The predicted molar refractivity (Wildman–Crippen MR) is 197 cm³/mol. The molecule has 0 amide bonds. The highest BCUT2D eigenvalue weighted by Crippen LogP contribution is 2.31. The van der Waals surface area contributed by atoms with E-state index in [1.54, 1.807) is 4.68 Å². The minimum Gasteiger partial charge on any atom is -0.494 e. The Morgan fingerprint density at radius 3 is 1.92 bits per heavy atom. The minimum absolute atomic E-state index is 0.295. The maximum Gasteiger partial charge on any atom is 0.184 e. The van der Waals surface area contributed by atoms with Gasteiger partial charge in [-0.25, -0.2) is 10.2 Å². The normalized spacial score (nSPS) is 11.7. The first-order valence-corrected chi connectivity index (χ1v) is 17.0. The topological polar surface area (TPSA) is 173 Å². The zero-order chi connectivity index (χ0) is 35.2. The number of hydrogen-bond donors (Lipinski definition) is 4. The number of hydrogen-bond acceptors (Lipinski definition) is 10. The lowest BCUT2D eigenvalue weighted by molar-refractivity contribution is 0.313. The molecule has 1 heterocycles. The average Bonchev–Trinajstić information content (AvgIpc) is 3.59. The third-order valence-corrected chi connectivity index (χ3v) is 7.86. The summed E-state index contributed by atoms with van der Waals surface area (Å²) in [6.07, 6.45) is 4.14. The van der Waals surface area contributed by atoms with Crippen LogP contribution in [-0.4, -0.2) is 61.7 Å². The smallest absolute Gasteiger partial charge is 0.184 e. The number of nitrogens with zero attached hydrogens (tertiary/aromatic N) is 4. The second-order valence-electron chi connectivity index (χ2n) is 12.5. The summed E-state index contributed by atoms with van der Waals surface area (Å²) in [7, 11) is 1.95. The van der Waals surface area contributed by atoms with Gasteiger partial charge in [0, 0.05) is 17.2 Å². The minimum atomic E-state index is 0.295. The molecule has 4 aromatic rings. The Kier molecular flexibility index (Phi) is 14.4. The van der Waals surface area contributed by atoms with Gasteiger partial charge in [-0.15, -0.1) is 5.10 Å². The predicted octanol–water partition coefficient (Wildman–Crippen LogP) is 5.72. The molecule has 12 heteroatoms. The van der Waals surface area contributed by atoms with Gasteiger partial charge in [-0.2, -0.15) is 5.11 Å². The third kappa shape index (κ3) is 11.0. The first-order chi connectivity index (χ1) is 23.7. The molecule has 3 aromatic carbocycles. The first-order valence-electron chi connectivity index (χ1n) is 17.0. The van der Waals surface area contributed by atoms with Gasteiger partial charge < -0.3 is 31.4 Å². The number of ether oxygens (including phenoxy) is 3. The number of benzene rings is 3. The van der Waals surface area contributed by atoms with Crippen molar-refractivity contribution in [1.29, 1.82) is 5.53 Å². The SMILES string of the molecule is CC(C)c1cc([B]/C=C(\N=N)c2cc(OCCCN)cc(-c3cn(-c4cc(OCCCN)cc(C(C)C)c4)nn3)c2)cc(OCCCN)c1. The van der Waals surface area contributed by atoms with Crippen LogP contribution in [0.4, 0.5) is 0 Å². The summed E-state index contributed by atoms with van der Waals surface area (Å²) in [5.74, 6) is 4.62. The molecule has 0 bridgehead atoms. The van der Waals surface area contributed by atoms with Crippen LogP contribution in [0.5, 0.6) is 17.2 Å². The van der Waals surface area contributed by atoms with Crippen molar-refractivity contribution in [1.82, 2.24) is 15.0 Å². The summed E-state index contributed by atoms with van der Waals surface area (Å²) >= 11 is 0. The van der Waals surface area contributed by atoms with E-state index < -0.39 is 0 Å². The fourth-order valence-corrected chi connectivity index (χ4v) is 5.01. The number of rotatable bonds is 20. The van der Waals surface area contributed by atoms with Crippen LogP contribution >= 0.6 is 0 Å². The lowest BCUT2D eigenvalue weighted by Crippen LogP contribution is -2.15. The van der Waals surface area contributed by atoms with Crippen molar-refractivity contribution < 1.29 is 14.2 Å². The molecule has 4 rings (SSSR count). The Morgan fingerprint density at radius 2 is 1.35 bits per heavy atom. The van der Waals surface area contributed by atoms with Crippen molar-refractivity contribution in [2.75, 3.05) is 39.5 Å². The van der Waals surface area contributed by atoms with Gasteiger partial charge in [0.1, 0.15) is 22.9 Å². The van der Waals surface area contributed by atoms with Crippen LogP contribution in [0.15, 0.2) is 71.9 Å². The molecule has 0 saturated carbocycles. The standard InChI is InChI=1S/C37H50BN8O3/c1-25(2)27-15-31(21-34(17-27)48-12-6-9-40)38-23-36(43-42)29-14-30(20-33(19-29)47-11-5-8-39)37-24-46(45-44-37)32-16-28(26(3)4)18-35(22-32)49-13-7-10-41/h14-26,42H,5-13,39-41H2,1-4H3/b36-23-,43-42?. The molecule has 0 aliphatic heterocycles. The Balaban J connectivity index is 1.68. The van der Waals surface area contributed by atoms with Crippen LogP contribution in [0.3, 0.4) is 0 Å². The number of aromatic nitrogens is 3. The Morgan fingerprint density at radius 1 is 0.776 bits per heavy atom. The van der Waals surface area contributed by atoms with E-state index in [0.717, 1.165) is 52.2 Å². The molecule has 0 unspecified atom stereocenters. The molecule has 1 radical (unpaired) electrons. The highest BCUT2D eigenvalue weighted by molar-refractivity contribution is 6.59. The van der Waals surface area contributed by atoms with Crippen LogP contribution in [0.2, 0.25) is 0 Å². The zero-order valence-electron chi connectivity index (χ0n) is 29.2. The monoisotopic (exact) mass is 665 g/mol. The van der Waals surface area contributed by atoms with Gasteiger partial charge in [-0.05, 0) is 104 Å². The summed E-state index contributed by atoms with van der Waals surface area (Å²) in [6.45, 7) is 11.8. The van der Waals surface area contributed by atoms with Gasteiger partial charge in [0.05, 0.1) is 37.4 Å². The van der Waals surface area contributed by atoms with Crippen LogP contribution in [0.1, 0.15) is 75.5 Å². The van der Waals surface area contributed by atoms with Gasteiger partial charge >= 0.3 is 0 Å². The van der Waals surface area contributed by atoms with Gasteiger partial charge in [-0.1, -0.05) is 50.4 Å². The van der Waals surface area contributed by atoms with E-state index in [1.807, 2.05) is 49.8 Å². The molecular weight excluding hydrogens is 615 g/mol. The summed E-state index contributed by atoms with van der Waals surface area (Å²) in [6, 6.07) is 18.0. The van der Waals surface area contributed by atoms with E-state index >= 15 is 0 Å². The second kappa shape index (κ2) is 18.9. The van der Waals surface area contributed by atoms with Crippen molar-refractivity contribution in [2.24, 2.45) is 22.3 Å². The molecule has 0 aliphatic carbocycles. The maximum atomic E-state index is 8.09. The van der Waals surface area contributed by atoms with E-state index in [2.05, 4.69) is 67.4 Å². The van der Waals surface area contributed by atoms with Crippen LogP contribution in [-0.2, 0) is 0 Å². The highest BCUT2D eigenvalue weighted by atomic mass is 16.5. The fraction of sp³-hybridized carbons (Fsp3) is 0.405. The van der Waals surface area contributed by atoms with Crippen molar-refractivity contribution in [3.05, 3.63) is 83.5 Å². The van der Waals surface area contributed by atoms with Crippen molar-refractivity contribution in [3.63, 3.8) is 0 Å². The summed E-state index contributed by atoms with van der Waals surface area (Å²) in [5.41, 5.74) is 31.8. The molecule has 0 atom stereocenters. The molecule has 0 saturated heterocycles. The van der Waals surface area contributed by atoms with Crippen molar-refractivity contribution in [3.8, 4) is 34.2 Å². The first kappa shape index (κ1) is 37.3. The van der Waals surface area contributed by atoms with Gasteiger partial charge in [-0.3, -0.25) is 0 Å². The van der Waals surface area contributed by atoms with E-state index in [-0.39, 0.29) is 0 Å². The quantitative estimate of drug-likeness (QED) is 0.0527. The van der Waals surface area contributed by atoms with Crippen LogP contribution < -0.4 is 36.9 Å². The maximum absolute atomic E-state index is 8.09. The molecule has 0 fully saturated rings. The molecule has 1 aromatic heterocycles. The Hall–Kier alpha value is -4.52. The van der Waals surface area contributed by atoms with E-state index in [4.69, 9.17) is 36.9 Å². The van der Waals surface area contributed by atoms with Crippen LogP contribution in [0.25, 0.3) is 22.6 Å². The molecule has 11 nitrogen and oxygen atoms in total. The second-order valence-corrected chi connectivity index (χ2v) is 12.5. The molecule has 259 valence electrons. The zero-order valence-corrected chi connectivity index (χ0v) is 29.2. The van der Waals surface area contributed by atoms with E-state index in [0.29, 0.717) is 80.4 Å². The fourth-order valence-electron chi connectivity index (χ4n) is 5.01. The largest absolute Gasteiger partial charge is 0.494 e.